The van der Waals surface area contributed by atoms with Crippen molar-refractivity contribution in [2.45, 2.75) is 13.0 Å². The molecule has 1 aromatic heterocycles. The van der Waals surface area contributed by atoms with Gasteiger partial charge in [0.2, 0.25) is 5.91 Å². The second kappa shape index (κ2) is 4.44. The second-order valence-electron chi connectivity index (χ2n) is 4.09. The molecule has 6 nitrogen and oxygen atoms in total. The number of halogens is 1. The number of aromatic nitrogens is 2. The van der Waals surface area contributed by atoms with Crippen LogP contribution in [0.1, 0.15) is 12.2 Å². The number of amides is 1. The molecule has 17 heavy (non-hydrogen) atoms. The fourth-order valence-electron chi connectivity index (χ4n) is 1.97. The van der Waals surface area contributed by atoms with Crippen molar-refractivity contribution in [1.29, 1.82) is 0 Å². The molecular weight excluding hydrogens is 249 g/mol. The van der Waals surface area contributed by atoms with E-state index in [1.807, 2.05) is 0 Å². The molecular formula is C9H12FN3O3S. The van der Waals surface area contributed by atoms with E-state index in [4.69, 9.17) is 0 Å². The number of hydrogen-bond donors (Lipinski definition) is 1. The van der Waals surface area contributed by atoms with Crippen molar-refractivity contribution >= 4 is 16.1 Å². The van der Waals surface area contributed by atoms with E-state index in [1.165, 1.54) is 4.90 Å². The molecule has 1 aliphatic heterocycles. The van der Waals surface area contributed by atoms with Gasteiger partial charge in [0, 0.05) is 31.3 Å². The Hall–Kier alpha value is -1.44. The predicted molar refractivity (Wildman–Crippen MR) is 57.0 cm³/mol. The molecule has 1 aromatic rings. The third-order valence-electron chi connectivity index (χ3n) is 2.62. The summed E-state index contributed by atoms with van der Waals surface area (Å²) < 4.78 is 33.5. The highest BCUT2D eigenvalue weighted by Gasteiger charge is 2.32. The summed E-state index contributed by atoms with van der Waals surface area (Å²) >= 11 is 0. The van der Waals surface area contributed by atoms with E-state index in [0.717, 1.165) is 0 Å². The van der Waals surface area contributed by atoms with Gasteiger partial charge in [0.05, 0.1) is 12.3 Å². The van der Waals surface area contributed by atoms with Gasteiger partial charge < -0.3 is 9.88 Å². The van der Waals surface area contributed by atoms with Crippen LogP contribution in [-0.2, 0) is 21.6 Å². The second-order valence-corrected chi connectivity index (χ2v) is 5.50. The van der Waals surface area contributed by atoms with Crippen LogP contribution in [-0.4, -0.2) is 41.5 Å². The number of hydrogen-bond acceptors (Lipinski definition) is 4. The Morgan fingerprint density at radius 3 is 2.94 bits per heavy atom. The zero-order chi connectivity index (χ0) is 12.5. The number of rotatable bonds is 4. The summed E-state index contributed by atoms with van der Waals surface area (Å²) in [5, 5.41) is 0. The van der Waals surface area contributed by atoms with Crippen LogP contribution in [0.2, 0.25) is 0 Å². The minimum absolute atomic E-state index is 0.0733. The summed E-state index contributed by atoms with van der Waals surface area (Å²) in [6.45, 7) is 0.553. The highest BCUT2D eigenvalue weighted by molar-refractivity contribution is 7.86. The van der Waals surface area contributed by atoms with E-state index < -0.39 is 21.9 Å². The number of H-pyrrole nitrogens is 1. The Bertz CT molecular complexity index is 500. The molecule has 94 valence electrons. The average Bonchev–Trinajstić information content (AvgIpc) is 2.75. The first kappa shape index (κ1) is 12.0. The lowest BCUT2D eigenvalue weighted by Gasteiger charge is -2.14. The topological polar surface area (TPSA) is 83.1 Å². The van der Waals surface area contributed by atoms with Gasteiger partial charge in [-0.2, -0.15) is 8.42 Å². The van der Waals surface area contributed by atoms with Gasteiger partial charge in [-0.05, 0) is 0 Å². The van der Waals surface area contributed by atoms with Gasteiger partial charge in [0.1, 0.15) is 5.82 Å². The molecule has 0 spiro atoms. The molecule has 1 unspecified atom stereocenters. The van der Waals surface area contributed by atoms with Gasteiger partial charge in [-0.25, -0.2) is 4.98 Å². The monoisotopic (exact) mass is 261 g/mol. The van der Waals surface area contributed by atoms with Crippen LogP contribution in [0.15, 0.2) is 12.4 Å². The van der Waals surface area contributed by atoms with E-state index in [9.17, 15) is 17.1 Å². The molecule has 0 saturated carbocycles. The van der Waals surface area contributed by atoms with Gasteiger partial charge in [-0.3, -0.25) is 4.79 Å². The fraction of sp³-hybridized carbons (Fsp3) is 0.556. The smallest absolute Gasteiger partial charge is 0.302 e. The summed E-state index contributed by atoms with van der Waals surface area (Å²) in [5.41, 5.74) is 0. The Morgan fingerprint density at radius 2 is 2.35 bits per heavy atom. The average molecular weight is 261 g/mol. The Kier molecular flexibility index (Phi) is 3.14. The highest BCUT2D eigenvalue weighted by Crippen LogP contribution is 2.21. The number of nitrogens with zero attached hydrogens (tertiary/aromatic N) is 2. The lowest BCUT2D eigenvalue weighted by Crippen LogP contribution is -2.25. The number of carbonyl (C=O) groups is 1. The molecule has 0 radical (unpaired) electrons. The number of likely N-dealkylation sites (tertiary alicyclic amines) is 1. The molecule has 0 aliphatic carbocycles. The van der Waals surface area contributed by atoms with E-state index in [-0.39, 0.29) is 18.9 Å². The van der Waals surface area contributed by atoms with Gasteiger partial charge >= 0.3 is 10.2 Å². The van der Waals surface area contributed by atoms with Crippen molar-refractivity contribution in [3.05, 3.63) is 18.2 Å². The van der Waals surface area contributed by atoms with E-state index in [0.29, 0.717) is 12.4 Å². The summed E-state index contributed by atoms with van der Waals surface area (Å²) in [6, 6.07) is 0. The third kappa shape index (κ3) is 3.26. The van der Waals surface area contributed by atoms with Crippen molar-refractivity contribution in [3.8, 4) is 0 Å². The molecule has 1 saturated heterocycles. The Balaban J connectivity index is 1.96. The Labute approximate surface area is 98.1 Å². The zero-order valence-electron chi connectivity index (χ0n) is 8.97. The zero-order valence-corrected chi connectivity index (χ0v) is 9.78. The summed E-state index contributed by atoms with van der Waals surface area (Å²) in [5.74, 6) is -0.599. The number of aromatic amines is 1. The molecule has 2 heterocycles. The minimum Gasteiger partial charge on any atom is -0.347 e. The van der Waals surface area contributed by atoms with Gasteiger partial charge in [-0.15, -0.1) is 3.89 Å². The summed E-state index contributed by atoms with van der Waals surface area (Å²) in [7, 11) is -4.52. The molecule has 2 rings (SSSR count). The normalized spacial score (nSPS) is 21.1. The largest absolute Gasteiger partial charge is 0.347 e. The fourth-order valence-corrected chi connectivity index (χ4v) is 2.75. The molecule has 0 aromatic carbocycles. The van der Waals surface area contributed by atoms with Crippen LogP contribution in [0.3, 0.4) is 0 Å². The SMILES string of the molecule is O=C1CC(CS(=O)(=O)F)CN1Cc1ncc[nH]1. The van der Waals surface area contributed by atoms with Crippen molar-refractivity contribution < 1.29 is 17.1 Å². The van der Waals surface area contributed by atoms with Crippen molar-refractivity contribution in [1.82, 2.24) is 14.9 Å². The minimum atomic E-state index is -4.52. The molecule has 1 aliphatic rings. The molecule has 8 heteroatoms. The van der Waals surface area contributed by atoms with Crippen LogP contribution in [0.4, 0.5) is 3.89 Å². The first-order valence-corrected chi connectivity index (χ1v) is 6.67. The maximum atomic E-state index is 12.5. The molecule has 1 atom stereocenters. The van der Waals surface area contributed by atoms with Crippen molar-refractivity contribution in [2.24, 2.45) is 5.92 Å². The number of carbonyl (C=O) groups excluding carboxylic acids is 1. The van der Waals surface area contributed by atoms with Crippen LogP contribution in [0, 0.1) is 5.92 Å². The number of imidazole rings is 1. The molecule has 0 bridgehead atoms. The lowest BCUT2D eigenvalue weighted by atomic mass is 10.1. The molecule has 1 N–H and O–H groups in total. The standard InChI is InChI=1S/C9H12FN3O3S/c10-17(15,16)6-7-3-9(14)13(4-7)5-8-11-1-2-12-8/h1-2,7H,3-6H2,(H,11,12). The van der Waals surface area contributed by atoms with Gasteiger partial charge in [0.15, 0.2) is 0 Å². The first-order chi connectivity index (χ1) is 7.94. The van der Waals surface area contributed by atoms with Crippen molar-refractivity contribution in [2.75, 3.05) is 12.3 Å². The molecule has 1 fully saturated rings. The third-order valence-corrected chi connectivity index (χ3v) is 3.49. The van der Waals surface area contributed by atoms with Crippen molar-refractivity contribution in [3.63, 3.8) is 0 Å². The van der Waals surface area contributed by atoms with E-state index in [1.54, 1.807) is 12.4 Å². The quantitative estimate of drug-likeness (QED) is 0.777. The predicted octanol–water partition coefficient (Wildman–Crippen LogP) is 0.0575. The summed E-state index contributed by atoms with van der Waals surface area (Å²) in [4.78, 5) is 19.9. The van der Waals surface area contributed by atoms with Gasteiger partial charge in [-0.1, -0.05) is 0 Å². The highest BCUT2D eigenvalue weighted by atomic mass is 32.3. The molecule has 1 amide bonds. The number of nitrogens with one attached hydrogen (secondary N) is 1. The van der Waals surface area contributed by atoms with Crippen LogP contribution in [0.5, 0.6) is 0 Å². The van der Waals surface area contributed by atoms with Crippen LogP contribution in [0.25, 0.3) is 0 Å². The maximum Gasteiger partial charge on any atom is 0.302 e. The van der Waals surface area contributed by atoms with E-state index in [2.05, 4.69) is 9.97 Å². The van der Waals surface area contributed by atoms with Gasteiger partial charge in [0.25, 0.3) is 0 Å². The first-order valence-electron chi connectivity index (χ1n) is 5.12. The van der Waals surface area contributed by atoms with E-state index >= 15 is 0 Å². The summed E-state index contributed by atoms with van der Waals surface area (Å²) in [6.07, 6.45) is 3.28. The van der Waals surface area contributed by atoms with Crippen LogP contribution < -0.4 is 0 Å². The maximum absolute atomic E-state index is 12.5. The van der Waals surface area contributed by atoms with Crippen LogP contribution >= 0.6 is 0 Å². The Morgan fingerprint density at radius 1 is 1.59 bits per heavy atom. The lowest BCUT2D eigenvalue weighted by molar-refractivity contribution is -0.128.